The third-order valence-electron chi connectivity index (χ3n) is 14.7. The van der Waals surface area contributed by atoms with E-state index in [1.54, 1.807) is 54.8 Å². The highest BCUT2D eigenvalue weighted by atomic mass is 19.1. The van der Waals surface area contributed by atoms with Gasteiger partial charge in [0.1, 0.15) is 25.2 Å². The van der Waals surface area contributed by atoms with Gasteiger partial charge in [-0.25, -0.2) is 14.2 Å². The van der Waals surface area contributed by atoms with Gasteiger partial charge < -0.3 is 45.7 Å². The molecule has 0 bridgehead atoms. The van der Waals surface area contributed by atoms with E-state index in [0.717, 1.165) is 32.5 Å². The zero-order valence-electron chi connectivity index (χ0n) is 41.6. The number of carbonyl (C=O) groups is 8. The first-order valence-corrected chi connectivity index (χ1v) is 25.2. The number of cyclic esters (lactones) is 1. The number of imide groups is 1. The summed E-state index contributed by atoms with van der Waals surface area (Å²) < 4.78 is 28.3. The van der Waals surface area contributed by atoms with E-state index in [-0.39, 0.29) is 99.0 Å². The smallest absolute Gasteiger partial charge is 0.343 e. The fourth-order valence-electron chi connectivity index (χ4n) is 10.5. The number of unbranched alkanes of at least 4 members (excludes halogenated alkanes) is 2. The first-order valence-electron chi connectivity index (χ1n) is 25.2. The number of aryl methyl sites for hydroxylation is 1. The third kappa shape index (κ3) is 10.8. The number of pyridine rings is 2. The van der Waals surface area contributed by atoms with Gasteiger partial charge in [0.2, 0.25) is 29.5 Å². The van der Waals surface area contributed by atoms with E-state index in [1.165, 1.54) is 18.2 Å². The fourth-order valence-corrected chi connectivity index (χ4v) is 10.5. The SMILES string of the molecule is CC[C@@]1(O)C(=O)OCc2c1cc1n(c2=O)Cc2c-1nc1cc(F)c(C)c3c1c2[C@@H](N1CC(OCNC(=O)CNC(=O)[C@H](Cc2ccccc2)NC(=O)CNC(=O)CNC(=O)CCCCCN2C(=O)C=CC2=O)C1)CC3. The number of ether oxygens (including phenoxy) is 2. The van der Waals surface area contributed by atoms with E-state index in [2.05, 4.69) is 31.5 Å². The highest BCUT2D eigenvalue weighted by Gasteiger charge is 2.46. The Kier molecular flexibility index (Phi) is 15.3. The van der Waals surface area contributed by atoms with Crippen molar-refractivity contribution in [2.24, 2.45) is 0 Å². The minimum absolute atomic E-state index is 0.00457. The zero-order valence-corrected chi connectivity index (χ0v) is 41.6. The van der Waals surface area contributed by atoms with Crippen LogP contribution in [0.3, 0.4) is 0 Å². The van der Waals surface area contributed by atoms with Crippen LogP contribution in [0.25, 0.3) is 22.3 Å². The maximum atomic E-state index is 15.4. The Bertz CT molecular complexity index is 3080. The number of likely N-dealkylation sites (tertiary alicyclic amines) is 1. The monoisotopic (exact) mass is 1030 g/mol. The second-order valence-electron chi connectivity index (χ2n) is 19.4. The van der Waals surface area contributed by atoms with Crippen molar-refractivity contribution in [2.45, 2.75) is 102 Å². The van der Waals surface area contributed by atoms with E-state index < -0.39 is 59.9 Å². The predicted octanol–water partition coefficient (Wildman–Crippen LogP) is 0.850. The highest BCUT2D eigenvalue weighted by molar-refractivity contribution is 6.12. The molecular formula is C53H58FN9O12. The number of nitrogens with zero attached hydrogens (tertiary/aromatic N) is 4. The molecule has 7 amide bonds. The molecular weight excluding hydrogens is 974 g/mol. The fraction of sp³-hybridized carbons (Fsp3) is 0.434. The Hall–Kier alpha value is -7.69. The second-order valence-corrected chi connectivity index (χ2v) is 19.4. The molecule has 0 radical (unpaired) electrons. The van der Waals surface area contributed by atoms with Gasteiger partial charge in [0, 0.05) is 73.2 Å². The van der Waals surface area contributed by atoms with Crippen molar-refractivity contribution in [3.8, 4) is 11.4 Å². The number of aromatic nitrogens is 2. The van der Waals surface area contributed by atoms with E-state index in [4.69, 9.17) is 14.5 Å². The Morgan fingerprint density at radius 2 is 1.59 bits per heavy atom. The van der Waals surface area contributed by atoms with Gasteiger partial charge in [-0.05, 0) is 67.3 Å². The average molecular weight is 1030 g/mol. The molecule has 0 spiro atoms. The third-order valence-corrected chi connectivity index (χ3v) is 14.7. The van der Waals surface area contributed by atoms with Crippen molar-refractivity contribution in [1.29, 1.82) is 0 Å². The van der Waals surface area contributed by atoms with Crippen LogP contribution in [0.2, 0.25) is 0 Å². The van der Waals surface area contributed by atoms with Crippen molar-refractivity contribution in [3.63, 3.8) is 0 Å². The van der Waals surface area contributed by atoms with Gasteiger partial charge in [0.25, 0.3) is 17.4 Å². The zero-order chi connectivity index (χ0) is 53.1. The summed E-state index contributed by atoms with van der Waals surface area (Å²) >= 11 is 0. The molecule has 1 saturated heterocycles. The molecule has 21 nitrogen and oxygen atoms in total. The lowest BCUT2D eigenvalue weighted by Gasteiger charge is -2.46. The number of fused-ring (bicyclic) bond motifs is 5. The van der Waals surface area contributed by atoms with Gasteiger partial charge in [-0.1, -0.05) is 43.7 Å². The van der Waals surface area contributed by atoms with Gasteiger partial charge in [-0.2, -0.15) is 0 Å². The van der Waals surface area contributed by atoms with Crippen LogP contribution in [-0.2, 0) is 79.4 Å². The van der Waals surface area contributed by atoms with Crippen molar-refractivity contribution >= 4 is 58.2 Å². The van der Waals surface area contributed by atoms with Crippen LogP contribution < -0.4 is 32.1 Å². The highest BCUT2D eigenvalue weighted by Crippen LogP contribution is 2.48. The minimum Gasteiger partial charge on any atom is -0.458 e. The summed E-state index contributed by atoms with van der Waals surface area (Å²) in [5.41, 5.74) is 3.28. The van der Waals surface area contributed by atoms with E-state index in [9.17, 15) is 48.3 Å². The number of benzene rings is 2. The maximum absolute atomic E-state index is 15.4. The molecule has 4 aromatic rings. The molecule has 1 aliphatic carbocycles. The van der Waals surface area contributed by atoms with Crippen molar-refractivity contribution in [1.82, 2.24) is 45.9 Å². The molecule has 3 atom stereocenters. The molecule has 22 heteroatoms. The lowest BCUT2D eigenvalue weighted by molar-refractivity contribution is -0.172. The van der Waals surface area contributed by atoms with Gasteiger partial charge in [0.15, 0.2) is 5.60 Å². The molecule has 2 aromatic carbocycles. The molecule has 394 valence electrons. The van der Waals surface area contributed by atoms with Crippen LogP contribution in [0.5, 0.6) is 0 Å². The number of hydrogen-bond donors (Lipinski definition) is 6. The number of nitrogens with one attached hydrogen (secondary N) is 5. The number of hydrogen-bond acceptors (Lipinski definition) is 14. The number of halogens is 1. The summed E-state index contributed by atoms with van der Waals surface area (Å²) in [6.07, 6.45) is 5.21. The predicted molar refractivity (Wildman–Crippen MR) is 265 cm³/mol. The molecule has 2 aromatic heterocycles. The Morgan fingerprint density at radius 3 is 2.33 bits per heavy atom. The van der Waals surface area contributed by atoms with Crippen LogP contribution in [-0.4, -0.2) is 130 Å². The van der Waals surface area contributed by atoms with Crippen molar-refractivity contribution in [3.05, 3.63) is 110 Å². The Morgan fingerprint density at radius 1 is 0.880 bits per heavy atom. The summed E-state index contributed by atoms with van der Waals surface area (Å²) in [4.78, 5) is 122. The van der Waals surface area contributed by atoms with E-state index >= 15 is 4.39 Å². The van der Waals surface area contributed by atoms with Crippen LogP contribution in [0.1, 0.15) is 90.4 Å². The minimum atomic E-state index is -2.00. The number of aliphatic hydroxyl groups is 1. The molecule has 1 fully saturated rings. The van der Waals surface area contributed by atoms with Gasteiger partial charge >= 0.3 is 5.97 Å². The Labute approximate surface area is 429 Å². The number of amides is 7. The van der Waals surface area contributed by atoms with Gasteiger partial charge in [-0.15, -0.1) is 0 Å². The van der Waals surface area contributed by atoms with Crippen LogP contribution in [0.15, 0.2) is 59.4 Å². The lowest BCUT2D eigenvalue weighted by atomic mass is 9.80. The Balaban J connectivity index is 0.745. The number of rotatable bonds is 21. The molecule has 5 aliphatic rings. The van der Waals surface area contributed by atoms with Crippen LogP contribution in [0.4, 0.5) is 4.39 Å². The molecule has 75 heavy (non-hydrogen) atoms. The van der Waals surface area contributed by atoms with Gasteiger partial charge in [-0.3, -0.25) is 48.2 Å². The van der Waals surface area contributed by atoms with E-state index in [0.29, 0.717) is 67.7 Å². The number of esters is 1. The first kappa shape index (κ1) is 52.2. The molecule has 9 rings (SSSR count). The van der Waals surface area contributed by atoms with Gasteiger partial charge in [0.05, 0.1) is 54.8 Å². The average Bonchev–Trinajstić information content (AvgIpc) is 3.94. The molecule has 6 heterocycles. The van der Waals surface area contributed by atoms with E-state index in [1.807, 2.05) is 0 Å². The van der Waals surface area contributed by atoms with Crippen molar-refractivity contribution < 1.29 is 57.3 Å². The standard InChI is InChI=1S/C53H58FN9O12/c1-3-53(73)35-19-40-49-33(26-63(40)51(71)34(35)27-74-52(53)72)48-39(14-13-32-29(2)36(54)20-37(60-49)47(32)48)61-24-31(25-61)75-28-58-43(66)22-57-50(70)38(18-30-10-6-4-7-11-30)59-44(67)23-56-42(65)21-55-41(64)12-8-5-9-17-62-45(68)15-16-46(62)69/h4,6-7,10-11,15-16,19-20,31,38-39,73H,3,5,8-9,12-14,17-18,21-28H2,1-2H3,(H,55,64)(H,56,65)(H,57,70)(H,58,66)(H,59,67)/t38-,39-,53-/m0/s1. The largest absolute Gasteiger partial charge is 0.458 e. The molecule has 0 unspecified atom stereocenters. The topological polar surface area (TPSA) is 277 Å². The summed E-state index contributed by atoms with van der Waals surface area (Å²) in [6, 6.07) is 10.7. The van der Waals surface area contributed by atoms with Crippen LogP contribution in [0, 0.1) is 12.7 Å². The quantitative estimate of drug-likeness (QED) is 0.0258. The first-order chi connectivity index (χ1) is 36.0. The summed E-state index contributed by atoms with van der Waals surface area (Å²) in [5.74, 6) is -4.81. The maximum Gasteiger partial charge on any atom is 0.343 e. The molecule has 4 aliphatic heterocycles. The second kappa shape index (κ2) is 22.0. The lowest BCUT2D eigenvalue weighted by Crippen LogP contribution is -2.55. The van der Waals surface area contributed by atoms with Crippen molar-refractivity contribution in [2.75, 3.05) is 46.0 Å². The molecule has 0 saturated carbocycles. The van der Waals surface area contributed by atoms with Crippen LogP contribution >= 0.6 is 0 Å². The summed E-state index contributed by atoms with van der Waals surface area (Å²) in [7, 11) is 0. The molecule has 6 N–H and O–H groups in total. The summed E-state index contributed by atoms with van der Waals surface area (Å²) in [5, 5.41) is 25.0. The normalized spacial score (nSPS) is 18.9. The summed E-state index contributed by atoms with van der Waals surface area (Å²) in [6.45, 7) is 3.13. The number of carbonyl (C=O) groups excluding carboxylic acids is 8.